The van der Waals surface area contributed by atoms with Crippen molar-refractivity contribution in [2.75, 3.05) is 32.8 Å². The molecule has 0 aromatic heterocycles. The topological polar surface area (TPSA) is 74.3 Å². The molecule has 0 spiro atoms. The van der Waals surface area contributed by atoms with Crippen LogP contribution in [0.15, 0.2) is 57.7 Å². The zero-order chi connectivity index (χ0) is 23.4. The van der Waals surface area contributed by atoms with Gasteiger partial charge < -0.3 is 18.9 Å². The minimum absolute atomic E-state index is 0.194. The van der Waals surface area contributed by atoms with E-state index in [2.05, 4.69) is 15.9 Å². The maximum atomic E-state index is 13.5. The molecule has 7 nitrogen and oxygen atoms in total. The smallest absolute Gasteiger partial charge is 0.340 e. The first-order valence-electron chi connectivity index (χ1n) is 9.86. The van der Waals surface area contributed by atoms with Crippen LogP contribution in [0, 0.1) is 0 Å². The van der Waals surface area contributed by atoms with Gasteiger partial charge in [0.2, 0.25) is 5.75 Å². The molecule has 0 unspecified atom stereocenters. The average molecular weight is 502 g/mol. The van der Waals surface area contributed by atoms with Crippen molar-refractivity contribution in [2.45, 2.75) is 13.8 Å². The largest absolute Gasteiger partial charge is 0.493 e. The molecule has 168 valence electrons. The number of rotatable bonds is 7. The number of hydrogen-bond acceptors (Lipinski definition) is 6. The fraction of sp³-hybridized carbons (Fsp3) is 0.250. The number of hydrogen-bond donors (Lipinski definition) is 0. The molecule has 8 heteroatoms. The molecule has 0 saturated carbocycles. The fourth-order valence-electron chi connectivity index (χ4n) is 3.53. The number of ether oxygens (including phenoxy) is 4. The van der Waals surface area contributed by atoms with Crippen molar-refractivity contribution in [2.24, 2.45) is 0 Å². The maximum absolute atomic E-state index is 13.5. The first kappa shape index (κ1) is 23.4. The highest BCUT2D eigenvalue weighted by atomic mass is 79.9. The second kappa shape index (κ2) is 9.91. The Hall–Kier alpha value is -3.26. The van der Waals surface area contributed by atoms with Gasteiger partial charge in [0.15, 0.2) is 11.5 Å². The SMILES string of the molecule is CCOC(=O)C1=C(C)N(c2ccc(Br)cc2)C(=O)/C1=C\c1cc(OC)c(OC)c(OC)c1. The van der Waals surface area contributed by atoms with Gasteiger partial charge in [-0.3, -0.25) is 9.69 Å². The number of carbonyl (C=O) groups is 2. The first-order valence-corrected chi connectivity index (χ1v) is 10.7. The highest BCUT2D eigenvalue weighted by molar-refractivity contribution is 9.10. The van der Waals surface area contributed by atoms with Crippen LogP contribution in [0.3, 0.4) is 0 Å². The molecule has 0 bridgehead atoms. The Labute approximate surface area is 195 Å². The number of methoxy groups -OCH3 is 3. The van der Waals surface area contributed by atoms with Crippen molar-refractivity contribution in [1.82, 2.24) is 0 Å². The van der Waals surface area contributed by atoms with Crippen LogP contribution < -0.4 is 19.1 Å². The predicted octanol–water partition coefficient (Wildman–Crippen LogP) is 4.74. The van der Waals surface area contributed by atoms with E-state index in [1.165, 1.54) is 26.2 Å². The Morgan fingerprint density at radius 3 is 2.12 bits per heavy atom. The van der Waals surface area contributed by atoms with E-state index in [1.54, 1.807) is 44.2 Å². The molecule has 1 amide bonds. The quantitative estimate of drug-likeness (QED) is 0.402. The van der Waals surface area contributed by atoms with Gasteiger partial charge in [-0.2, -0.15) is 0 Å². The molecule has 0 fully saturated rings. The Morgan fingerprint density at radius 1 is 1.03 bits per heavy atom. The van der Waals surface area contributed by atoms with E-state index in [4.69, 9.17) is 18.9 Å². The number of benzene rings is 2. The van der Waals surface area contributed by atoms with Crippen LogP contribution in [0.1, 0.15) is 19.4 Å². The number of carbonyl (C=O) groups excluding carboxylic acids is 2. The van der Waals surface area contributed by atoms with E-state index in [1.807, 2.05) is 12.1 Å². The Bertz CT molecular complexity index is 1080. The number of allylic oxidation sites excluding steroid dienone is 1. The molecule has 0 atom stereocenters. The molecule has 1 heterocycles. The van der Waals surface area contributed by atoms with Crippen LogP contribution in [0.4, 0.5) is 5.69 Å². The van der Waals surface area contributed by atoms with Crippen molar-refractivity contribution in [3.8, 4) is 17.2 Å². The number of esters is 1. The molecule has 0 N–H and O–H groups in total. The normalized spacial score (nSPS) is 14.8. The lowest BCUT2D eigenvalue weighted by molar-refractivity contribution is -0.138. The summed E-state index contributed by atoms with van der Waals surface area (Å²) in [5, 5.41) is 0. The van der Waals surface area contributed by atoms with Crippen molar-refractivity contribution in [3.63, 3.8) is 0 Å². The number of anilines is 1. The van der Waals surface area contributed by atoms with Crippen LogP contribution in [0.25, 0.3) is 6.08 Å². The average Bonchev–Trinajstić information content (AvgIpc) is 3.03. The van der Waals surface area contributed by atoms with Gasteiger partial charge in [-0.15, -0.1) is 0 Å². The van der Waals surface area contributed by atoms with Gasteiger partial charge >= 0.3 is 5.97 Å². The third-order valence-electron chi connectivity index (χ3n) is 4.96. The van der Waals surface area contributed by atoms with Gasteiger partial charge in [-0.1, -0.05) is 15.9 Å². The molecular formula is C24H24BrNO6. The number of nitrogens with zero attached hydrogens (tertiary/aromatic N) is 1. The van der Waals surface area contributed by atoms with Crippen LogP contribution in [0.5, 0.6) is 17.2 Å². The highest BCUT2D eigenvalue weighted by Gasteiger charge is 2.38. The summed E-state index contributed by atoms with van der Waals surface area (Å²) in [7, 11) is 4.54. The van der Waals surface area contributed by atoms with Crippen molar-refractivity contribution in [1.29, 1.82) is 0 Å². The summed E-state index contributed by atoms with van der Waals surface area (Å²) >= 11 is 3.40. The summed E-state index contributed by atoms with van der Waals surface area (Å²) in [4.78, 5) is 27.8. The van der Waals surface area contributed by atoms with Crippen molar-refractivity contribution >= 4 is 39.6 Å². The highest BCUT2D eigenvalue weighted by Crippen LogP contribution is 2.40. The Kier molecular flexibility index (Phi) is 7.25. The molecule has 3 rings (SSSR count). The summed E-state index contributed by atoms with van der Waals surface area (Å²) in [5.74, 6) is 0.418. The third kappa shape index (κ3) is 4.36. The summed E-state index contributed by atoms with van der Waals surface area (Å²) in [6, 6.07) is 10.7. The molecule has 2 aromatic carbocycles. The second-order valence-corrected chi connectivity index (χ2v) is 7.73. The van der Waals surface area contributed by atoms with Gasteiger partial charge in [0.25, 0.3) is 5.91 Å². The van der Waals surface area contributed by atoms with E-state index in [0.717, 1.165) is 4.47 Å². The van der Waals surface area contributed by atoms with Crippen LogP contribution >= 0.6 is 15.9 Å². The van der Waals surface area contributed by atoms with Crippen molar-refractivity contribution < 1.29 is 28.5 Å². The molecule has 1 aliphatic heterocycles. The molecular weight excluding hydrogens is 478 g/mol. The van der Waals surface area contributed by atoms with Gasteiger partial charge in [-0.25, -0.2) is 4.79 Å². The van der Waals surface area contributed by atoms with E-state index >= 15 is 0 Å². The number of halogens is 1. The van der Waals surface area contributed by atoms with E-state index in [0.29, 0.717) is 34.2 Å². The van der Waals surface area contributed by atoms with Crippen LogP contribution in [-0.2, 0) is 14.3 Å². The maximum Gasteiger partial charge on any atom is 0.340 e. The zero-order valence-electron chi connectivity index (χ0n) is 18.5. The lowest BCUT2D eigenvalue weighted by atomic mass is 10.0. The predicted molar refractivity (Wildman–Crippen MR) is 125 cm³/mol. The van der Waals surface area contributed by atoms with Gasteiger partial charge in [0.1, 0.15) is 0 Å². The standard InChI is InChI=1S/C24H24BrNO6/c1-6-32-24(28)21-14(2)26(17-9-7-16(25)8-10-17)23(27)18(21)11-15-12-19(29-3)22(31-5)20(13-15)30-4/h7-13H,6H2,1-5H3/b18-11-. The monoisotopic (exact) mass is 501 g/mol. The molecule has 1 aliphatic rings. The molecule has 2 aromatic rings. The Balaban J connectivity index is 2.17. The minimum atomic E-state index is -0.559. The van der Waals surface area contributed by atoms with Crippen LogP contribution in [0.2, 0.25) is 0 Å². The van der Waals surface area contributed by atoms with E-state index in [9.17, 15) is 9.59 Å². The summed E-state index contributed by atoms with van der Waals surface area (Å²) in [6.07, 6.45) is 1.63. The lowest BCUT2D eigenvalue weighted by Crippen LogP contribution is -2.24. The van der Waals surface area contributed by atoms with Crippen LogP contribution in [-0.4, -0.2) is 39.8 Å². The minimum Gasteiger partial charge on any atom is -0.493 e. The van der Waals surface area contributed by atoms with Gasteiger partial charge in [0.05, 0.1) is 39.1 Å². The molecule has 0 saturated heterocycles. The summed E-state index contributed by atoms with van der Waals surface area (Å²) in [5.41, 5.74) is 2.18. The van der Waals surface area contributed by atoms with Crippen molar-refractivity contribution in [3.05, 3.63) is 63.3 Å². The molecule has 0 aliphatic carbocycles. The van der Waals surface area contributed by atoms with E-state index < -0.39 is 5.97 Å². The summed E-state index contributed by atoms with van der Waals surface area (Å²) in [6.45, 7) is 3.64. The zero-order valence-corrected chi connectivity index (χ0v) is 20.1. The van der Waals surface area contributed by atoms with Gasteiger partial charge in [-0.05, 0) is 61.9 Å². The van der Waals surface area contributed by atoms with E-state index in [-0.39, 0.29) is 23.7 Å². The van der Waals surface area contributed by atoms with Gasteiger partial charge in [0, 0.05) is 15.9 Å². The summed E-state index contributed by atoms with van der Waals surface area (Å²) < 4.78 is 22.3. The molecule has 0 radical (unpaired) electrons. The second-order valence-electron chi connectivity index (χ2n) is 6.81. The first-order chi connectivity index (χ1) is 15.4. The molecule has 32 heavy (non-hydrogen) atoms. The number of amides is 1. The fourth-order valence-corrected chi connectivity index (χ4v) is 3.80. The lowest BCUT2D eigenvalue weighted by Gasteiger charge is -2.18. The third-order valence-corrected chi connectivity index (χ3v) is 5.49. The Morgan fingerprint density at radius 2 is 1.62 bits per heavy atom.